The van der Waals surface area contributed by atoms with Crippen molar-refractivity contribution in [3.63, 3.8) is 0 Å². The van der Waals surface area contributed by atoms with E-state index in [0.29, 0.717) is 12.2 Å². The molecule has 0 aliphatic carbocycles. The topological polar surface area (TPSA) is 43.5 Å². The quantitative estimate of drug-likeness (QED) is 0.437. The van der Waals surface area contributed by atoms with Gasteiger partial charge in [-0.15, -0.1) is 0 Å². The minimum absolute atomic E-state index is 0.546. The molecule has 0 unspecified atom stereocenters. The molecule has 0 atom stereocenters. The fourth-order valence-corrected chi connectivity index (χ4v) is 0.691. The van der Waals surface area contributed by atoms with Gasteiger partial charge in [-0.05, 0) is 6.42 Å². The number of amides is 1. The molecule has 1 radical (unpaired) electrons. The predicted molar refractivity (Wildman–Crippen MR) is 29.7 cm³/mol. The molecule has 0 N–H and O–H groups in total. The highest BCUT2D eigenvalue weighted by Gasteiger charge is 2.06. The summed E-state index contributed by atoms with van der Waals surface area (Å²) in [4.78, 5) is 13.2. The van der Waals surface area contributed by atoms with E-state index in [9.17, 15) is 4.79 Å². The van der Waals surface area contributed by atoms with Gasteiger partial charge in [-0.1, -0.05) is 0 Å². The summed E-state index contributed by atoms with van der Waals surface area (Å²) < 4.78 is 0. The third kappa shape index (κ3) is 1.05. The van der Waals surface area contributed by atoms with Gasteiger partial charge in [0.2, 0.25) is 6.41 Å². The fraction of sp³-hybridized carbons (Fsp3) is 0.600. The maximum atomic E-state index is 9.71. The predicted octanol–water partition coefficient (Wildman–Crippen LogP) is -0.0605. The normalized spacial score (nSPS) is 23.2. The molecule has 43 valence electrons. The first-order valence-corrected chi connectivity index (χ1v) is 2.61. The van der Waals surface area contributed by atoms with E-state index in [1.807, 2.05) is 0 Å². The van der Waals surface area contributed by atoms with Crippen LogP contribution in [0.3, 0.4) is 0 Å². The Bertz CT molecular complexity index is 112. The lowest BCUT2D eigenvalue weighted by Gasteiger charge is -1.84. The molecular formula is C5H7N2O. The number of aliphatic imine (C=N–C) groups is 1. The second-order valence-electron chi connectivity index (χ2n) is 1.64. The van der Waals surface area contributed by atoms with Gasteiger partial charge in [-0.2, -0.15) is 0 Å². The van der Waals surface area contributed by atoms with Gasteiger partial charge in [-0.25, -0.2) is 4.99 Å². The second-order valence-corrected chi connectivity index (χ2v) is 1.64. The number of carbonyl (C=O) groups is 1. The van der Waals surface area contributed by atoms with Crippen molar-refractivity contribution in [3.05, 3.63) is 0 Å². The van der Waals surface area contributed by atoms with Crippen LogP contribution in [0.5, 0.6) is 0 Å². The lowest BCUT2D eigenvalue weighted by Crippen LogP contribution is -2.04. The highest BCUT2D eigenvalue weighted by atomic mass is 16.1. The number of hydrogen-bond acceptors (Lipinski definition) is 1. The second kappa shape index (κ2) is 2.45. The van der Waals surface area contributed by atoms with Crippen LogP contribution in [-0.4, -0.2) is 18.8 Å². The summed E-state index contributed by atoms with van der Waals surface area (Å²) >= 11 is 0. The van der Waals surface area contributed by atoms with E-state index < -0.39 is 0 Å². The maximum Gasteiger partial charge on any atom is 0.234 e. The van der Waals surface area contributed by atoms with Gasteiger partial charge in [-0.3, -0.25) is 10.1 Å². The van der Waals surface area contributed by atoms with Crippen LogP contribution >= 0.6 is 0 Å². The van der Waals surface area contributed by atoms with Crippen LogP contribution in [-0.2, 0) is 4.79 Å². The summed E-state index contributed by atoms with van der Waals surface area (Å²) in [7, 11) is 0. The summed E-state index contributed by atoms with van der Waals surface area (Å²) in [6.07, 6.45) is 2.47. The molecule has 0 bridgehead atoms. The zero-order chi connectivity index (χ0) is 5.82. The highest BCUT2D eigenvalue weighted by molar-refractivity contribution is 5.88. The standard InChI is InChI=1S/C5H7N2O/c8-4-7-5-2-1-3-6-5/h4H,1-3H2. The van der Waals surface area contributed by atoms with Gasteiger partial charge >= 0.3 is 0 Å². The Balaban J connectivity index is 2.44. The average molecular weight is 111 g/mol. The van der Waals surface area contributed by atoms with Crippen molar-refractivity contribution in [2.24, 2.45) is 4.99 Å². The Morgan fingerprint density at radius 2 is 2.62 bits per heavy atom. The fourth-order valence-electron chi connectivity index (χ4n) is 0.691. The smallest absolute Gasteiger partial charge is 0.234 e. The van der Waals surface area contributed by atoms with E-state index in [2.05, 4.69) is 10.3 Å². The summed E-state index contributed by atoms with van der Waals surface area (Å²) in [6.45, 7) is 0.840. The van der Waals surface area contributed by atoms with Gasteiger partial charge in [0.25, 0.3) is 0 Å². The Morgan fingerprint density at radius 3 is 3.12 bits per heavy atom. The molecular weight excluding hydrogens is 104 g/mol. The van der Waals surface area contributed by atoms with Crippen molar-refractivity contribution in [1.29, 1.82) is 0 Å². The van der Waals surface area contributed by atoms with Crippen molar-refractivity contribution in [2.45, 2.75) is 12.8 Å². The van der Waals surface area contributed by atoms with E-state index in [1.165, 1.54) is 0 Å². The molecule has 0 aromatic carbocycles. The number of carbonyl (C=O) groups excluding carboxylic acids is 1. The van der Waals surface area contributed by atoms with Gasteiger partial charge in [0.1, 0.15) is 5.84 Å². The number of nitrogens with zero attached hydrogens (tertiary/aromatic N) is 2. The van der Waals surface area contributed by atoms with Crippen molar-refractivity contribution in [1.82, 2.24) is 5.32 Å². The first-order valence-electron chi connectivity index (χ1n) is 2.61. The molecule has 1 amide bonds. The van der Waals surface area contributed by atoms with Crippen LogP contribution in [0.4, 0.5) is 0 Å². The molecule has 1 heterocycles. The summed E-state index contributed by atoms with van der Waals surface area (Å²) in [5.74, 6) is 0.708. The largest absolute Gasteiger partial charge is 0.276 e. The van der Waals surface area contributed by atoms with E-state index in [1.54, 1.807) is 0 Å². The maximum absolute atomic E-state index is 9.71. The molecule has 1 rings (SSSR count). The van der Waals surface area contributed by atoms with E-state index >= 15 is 0 Å². The van der Waals surface area contributed by atoms with Crippen molar-refractivity contribution in [3.8, 4) is 0 Å². The molecule has 0 aromatic rings. The number of amidine groups is 1. The first kappa shape index (κ1) is 5.28. The molecule has 0 spiro atoms. The Kier molecular flexibility index (Phi) is 1.62. The summed E-state index contributed by atoms with van der Waals surface area (Å²) in [5.41, 5.74) is 0. The van der Waals surface area contributed by atoms with E-state index in [0.717, 1.165) is 19.4 Å². The molecule has 1 aliphatic rings. The van der Waals surface area contributed by atoms with Gasteiger partial charge in [0, 0.05) is 13.0 Å². The van der Waals surface area contributed by atoms with Crippen molar-refractivity contribution in [2.75, 3.05) is 6.54 Å². The Labute approximate surface area is 47.8 Å². The molecule has 0 aromatic heterocycles. The molecule has 1 fully saturated rings. The summed E-state index contributed by atoms with van der Waals surface area (Å²) in [6, 6.07) is 0. The average Bonchev–Trinajstić information content (AvgIpc) is 2.19. The highest BCUT2D eigenvalue weighted by Crippen LogP contribution is 1.98. The van der Waals surface area contributed by atoms with Crippen LogP contribution in [0.15, 0.2) is 4.99 Å². The molecule has 1 aliphatic heterocycles. The molecule has 0 saturated carbocycles. The molecule has 8 heavy (non-hydrogen) atoms. The lowest BCUT2D eigenvalue weighted by atomic mass is 10.4. The zero-order valence-corrected chi connectivity index (χ0v) is 4.50. The molecule has 3 heteroatoms. The monoisotopic (exact) mass is 111 g/mol. The summed E-state index contributed by atoms with van der Waals surface area (Å²) in [5, 5.41) is 3.94. The van der Waals surface area contributed by atoms with Gasteiger partial charge in [0.15, 0.2) is 0 Å². The third-order valence-corrected chi connectivity index (χ3v) is 1.05. The van der Waals surface area contributed by atoms with Crippen molar-refractivity contribution >= 4 is 12.2 Å². The van der Waals surface area contributed by atoms with Crippen molar-refractivity contribution < 1.29 is 4.79 Å². The van der Waals surface area contributed by atoms with Gasteiger partial charge in [0.05, 0.1) is 0 Å². The zero-order valence-electron chi connectivity index (χ0n) is 4.50. The van der Waals surface area contributed by atoms with Crippen LogP contribution in [0, 0.1) is 0 Å². The minimum Gasteiger partial charge on any atom is -0.276 e. The third-order valence-electron chi connectivity index (χ3n) is 1.05. The van der Waals surface area contributed by atoms with Crippen LogP contribution in [0.1, 0.15) is 12.8 Å². The number of hydrogen-bond donors (Lipinski definition) is 0. The SMILES string of the molecule is O=CN=C1CCC[N]1. The van der Waals surface area contributed by atoms with E-state index in [4.69, 9.17) is 0 Å². The van der Waals surface area contributed by atoms with Crippen LogP contribution in [0.2, 0.25) is 0 Å². The van der Waals surface area contributed by atoms with Crippen LogP contribution < -0.4 is 5.32 Å². The Hall–Kier alpha value is -0.860. The molecule has 1 saturated heterocycles. The van der Waals surface area contributed by atoms with Crippen LogP contribution in [0.25, 0.3) is 0 Å². The van der Waals surface area contributed by atoms with E-state index in [-0.39, 0.29) is 0 Å². The lowest BCUT2D eigenvalue weighted by molar-refractivity contribution is -0.106. The Morgan fingerprint density at radius 1 is 1.75 bits per heavy atom. The first-order chi connectivity index (χ1) is 3.93. The van der Waals surface area contributed by atoms with Gasteiger partial charge < -0.3 is 0 Å². The number of rotatable bonds is 1. The minimum atomic E-state index is 0.546. The molecule has 3 nitrogen and oxygen atoms in total.